The van der Waals surface area contributed by atoms with E-state index in [1.54, 1.807) is 18.2 Å². The van der Waals surface area contributed by atoms with Gasteiger partial charge in [0, 0.05) is 34.4 Å². The van der Waals surface area contributed by atoms with Gasteiger partial charge in [0.2, 0.25) is 6.29 Å². The molecule has 1 unspecified atom stereocenters. The lowest BCUT2D eigenvalue weighted by atomic mass is 10.1. The molecular formula is C27H25FO7. The number of ether oxygens (including phenoxy) is 6. The van der Waals surface area contributed by atoms with E-state index >= 15 is 0 Å². The average Bonchev–Trinajstić information content (AvgIpc) is 2.90. The molecule has 0 radical (unpaired) electrons. The predicted octanol–water partition coefficient (Wildman–Crippen LogP) is 5.22. The molecule has 7 nitrogen and oxygen atoms in total. The van der Waals surface area contributed by atoms with Crippen LogP contribution in [0, 0.1) is 5.82 Å². The molecule has 1 atom stereocenters. The largest absolute Gasteiger partial charge is 0.496 e. The van der Waals surface area contributed by atoms with Gasteiger partial charge in [0.1, 0.15) is 23.9 Å². The van der Waals surface area contributed by atoms with Gasteiger partial charge in [-0.2, -0.15) is 0 Å². The van der Waals surface area contributed by atoms with E-state index in [0.717, 1.165) is 5.56 Å². The summed E-state index contributed by atoms with van der Waals surface area (Å²) in [5.41, 5.74) is 2.39. The third-order valence-corrected chi connectivity index (χ3v) is 5.40. The van der Waals surface area contributed by atoms with Crippen molar-refractivity contribution in [2.75, 3.05) is 21.3 Å². The van der Waals surface area contributed by atoms with Crippen LogP contribution in [0.4, 0.5) is 4.39 Å². The number of carbonyl (C=O) groups excluding carboxylic acids is 1. The van der Waals surface area contributed by atoms with Crippen LogP contribution < -0.4 is 18.9 Å². The van der Waals surface area contributed by atoms with Gasteiger partial charge >= 0.3 is 5.97 Å². The molecule has 1 heterocycles. The Bertz CT molecular complexity index is 1220. The van der Waals surface area contributed by atoms with Crippen molar-refractivity contribution in [3.63, 3.8) is 0 Å². The second-order valence-corrected chi connectivity index (χ2v) is 7.61. The zero-order valence-electron chi connectivity index (χ0n) is 19.6. The lowest BCUT2D eigenvalue weighted by Gasteiger charge is -2.28. The number of fused-ring (bicyclic) bond motifs is 1. The maximum atomic E-state index is 14.2. The highest BCUT2D eigenvalue weighted by atomic mass is 19.1. The van der Waals surface area contributed by atoms with E-state index in [1.165, 1.54) is 39.5 Å². The predicted molar refractivity (Wildman–Crippen MR) is 126 cm³/mol. The van der Waals surface area contributed by atoms with E-state index in [9.17, 15) is 9.18 Å². The number of methoxy groups -OCH3 is 3. The molecule has 182 valence electrons. The Labute approximate surface area is 202 Å². The van der Waals surface area contributed by atoms with Crippen LogP contribution in [-0.4, -0.2) is 27.3 Å². The maximum Gasteiger partial charge on any atom is 0.331 e. The molecule has 0 fully saturated rings. The average molecular weight is 480 g/mol. The first-order chi connectivity index (χ1) is 17.0. The Balaban J connectivity index is 1.48. The number of hydrogen-bond donors (Lipinski definition) is 0. The second kappa shape index (κ2) is 10.9. The van der Waals surface area contributed by atoms with Crippen LogP contribution in [0.5, 0.6) is 23.0 Å². The van der Waals surface area contributed by atoms with E-state index in [4.69, 9.17) is 28.4 Å². The van der Waals surface area contributed by atoms with E-state index in [2.05, 4.69) is 0 Å². The lowest BCUT2D eigenvalue weighted by molar-refractivity contribution is -0.139. The van der Waals surface area contributed by atoms with E-state index in [0.29, 0.717) is 39.7 Å². The van der Waals surface area contributed by atoms with Crippen LogP contribution in [0.3, 0.4) is 0 Å². The van der Waals surface area contributed by atoms with E-state index < -0.39 is 18.1 Å². The molecular weight excluding hydrogens is 455 g/mol. The first-order valence-electron chi connectivity index (χ1n) is 10.8. The fraction of sp³-hybridized carbons (Fsp3) is 0.222. The van der Waals surface area contributed by atoms with Gasteiger partial charge in [-0.05, 0) is 24.3 Å². The fourth-order valence-electron chi connectivity index (χ4n) is 3.70. The smallest absolute Gasteiger partial charge is 0.331 e. The Morgan fingerprint density at radius 1 is 1.00 bits per heavy atom. The standard InChI is InChI=1S/C27H25FO7/c1-30-22-14-24(32-3)23(31-2)13-18(22)9-10-25(29)33-15-19-11-21(28)12-20-16-34-27(35-26(19)20)17-7-5-4-6-8-17/h4-14,27H,15-16H2,1-3H3/b10-9+. The number of rotatable bonds is 8. The fourth-order valence-corrected chi connectivity index (χ4v) is 3.70. The Morgan fingerprint density at radius 3 is 2.43 bits per heavy atom. The van der Waals surface area contributed by atoms with Gasteiger partial charge in [-0.1, -0.05) is 30.3 Å². The molecule has 8 heteroatoms. The molecule has 3 aromatic rings. The van der Waals surface area contributed by atoms with E-state index in [-0.39, 0.29) is 13.2 Å². The number of carbonyl (C=O) groups is 1. The molecule has 0 bridgehead atoms. The molecule has 4 rings (SSSR count). The number of halogens is 1. The molecule has 1 aliphatic rings. The minimum absolute atomic E-state index is 0.173. The van der Waals surface area contributed by atoms with Crippen LogP contribution in [0.15, 0.2) is 60.7 Å². The minimum atomic E-state index is -0.638. The van der Waals surface area contributed by atoms with Crippen LogP contribution in [0.2, 0.25) is 0 Å². The van der Waals surface area contributed by atoms with Crippen LogP contribution in [0.1, 0.15) is 28.5 Å². The van der Waals surface area contributed by atoms with Crippen molar-refractivity contribution >= 4 is 12.0 Å². The van der Waals surface area contributed by atoms with E-state index in [1.807, 2.05) is 30.3 Å². The molecule has 3 aromatic carbocycles. The topological polar surface area (TPSA) is 72.5 Å². The Morgan fingerprint density at radius 2 is 1.71 bits per heavy atom. The summed E-state index contributed by atoms with van der Waals surface area (Å²) in [7, 11) is 4.55. The van der Waals surface area contributed by atoms with Crippen molar-refractivity contribution in [3.05, 3.63) is 88.7 Å². The normalized spacial score (nSPS) is 14.7. The third-order valence-electron chi connectivity index (χ3n) is 5.40. The maximum absolute atomic E-state index is 14.2. The number of esters is 1. The van der Waals surface area contributed by atoms with Crippen molar-refractivity contribution in [2.24, 2.45) is 0 Å². The molecule has 0 N–H and O–H groups in total. The summed E-state index contributed by atoms with van der Waals surface area (Å²) in [6.07, 6.45) is 2.16. The van der Waals surface area contributed by atoms with Crippen molar-refractivity contribution in [2.45, 2.75) is 19.5 Å². The lowest BCUT2D eigenvalue weighted by Crippen LogP contribution is -2.19. The number of benzene rings is 3. The van der Waals surface area contributed by atoms with Gasteiger partial charge in [0.05, 0.1) is 27.9 Å². The summed E-state index contributed by atoms with van der Waals surface area (Å²) in [5, 5.41) is 0. The third kappa shape index (κ3) is 5.55. The van der Waals surface area contributed by atoms with Gasteiger partial charge in [0.25, 0.3) is 0 Å². The summed E-state index contributed by atoms with van der Waals surface area (Å²) >= 11 is 0. The van der Waals surface area contributed by atoms with Crippen molar-refractivity contribution in [1.82, 2.24) is 0 Å². The van der Waals surface area contributed by atoms with Crippen molar-refractivity contribution in [3.8, 4) is 23.0 Å². The van der Waals surface area contributed by atoms with Gasteiger partial charge in [0.15, 0.2) is 11.5 Å². The molecule has 0 spiro atoms. The first kappa shape index (κ1) is 24.1. The Kier molecular flexibility index (Phi) is 7.52. The zero-order valence-corrected chi connectivity index (χ0v) is 19.6. The van der Waals surface area contributed by atoms with Gasteiger partial charge in [-0.15, -0.1) is 0 Å². The Hall–Kier alpha value is -4.04. The summed E-state index contributed by atoms with van der Waals surface area (Å²) in [5.74, 6) is 0.839. The molecule has 1 aliphatic heterocycles. The van der Waals surface area contributed by atoms with Crippen LogP contribution in [-0.2, 0) is 27.5 Å². The minimum Gasteiger partial charge on any atom is -0.496 e. The monoisotopic (exact) mass is 480 g/mol. The summed E-state index contributed by atoms with van der Waals surface area (Å²) in [6.45, 7) is 0.000442. The molecule has 0 aliphatic carbocycles. The van der Waals surface area contributed by atoms with Crippen LogP contribution in [0.25, 0.3) is 6.08 Å². The highest BCUT2D eigenvalue weighted by Gasteiger charge is 2.25. The number of hydrogen-bond acceptors (Lipinski definition) is 7. The summed E-state index contributed by atoms with van der Waals surface area (Å²) in [4.78, 5) is 12.4. The van der Waals surface area contributed by atoms with Crippen LogP contribution >= 0.6 is 0 Å². The quantitative estimate of drug-likeness (QED) is 0.324. The summed E-state index contributed by atoms with van der Waals surface area (Å²) < 4.78 is 47.2. The SMILES string of the molecule is COc1cc(OC)c(OC)cc1/C=C/C(=O)OCc1cc(F)cc2c1OC(c1ccccc1)OC2. The van der Waals surface area contributed by atoms with Crippen molar-refractivity contribution in [1.29, 1.82) is 0 Å². The molecule has 0 saturated carbocycles. The highest BCUT2D eigenvalue weighted by molar-refractivity contribution is 5.88. The highest BCUT2D eigenvalue weighted by Crippen LogP contribution is 2.37. The van der Waals surface area contributed by atoms with Crippen molar-refractivity contribution < 1.29 is 37.6 Å². The van der Waals surface area contributed by atoms with Gasteiger partial charge in [-0.25, -0.2) is 9.18 Å². The molecule has 35 heavy (non-hydrogen) atoms. The molecule has 0 saturated heterocycles. The zero-order chi connectivity index (χ0) is 24.8. The van der Waals surface area contributed by atoms with Gasteiger partial charge < -0.3 is 28.4 Å². The second-order valence-electron chi connectivity index (χ2n) is 7.61. The first-order valence-corrected chi connectivity index (χ1v) is 10.8. The van der Waals surface area contributed by atoms with Gasteiger partial charge in [-0.3, -0.25) is 0 Å². The summed E-state index contributed by atoms with van der Waals surface area (Å²) in [6, 6.07) is 15.4. The molecule has 0 amide bonds. The molecule has 0 aromatic heterocycles.